The summed E-state index contributed by atoms with van der Waals surface area (Å²) in [5, 5.41) is 7.75. The summed E-state index contributed by atoms with van der Waals surface area (Å²) in [5.41, 5.74) is -0.745. The van der Waals surface area contributed by atoms with Crippen molar-refractivity contribution in [2.45, 2.75) is 5.56 Å². The maximum atomic E-state index is 7.75. The Morgan fingerprint density at radius 1 is 1.86 bits per heavy atom. The topological polar surface area (TPSA) is 38.7 Å². The number of rotatable bonds is 3. The van der Waals surface area contributed by atoms with Crippen LogP contribution in [0.2, 0.25) is 0 Å². The van der Waals surface area contributed by atoms with Gasteiger partial charge in [-0.05, 0) is 0 Å². The summed E-state index contributed by atoms with van der Waals surface area (Å²) in [6.45, 7) is 0.193. The van der Waals surface area contributed by atoms with Crippen LogP contribution in [0.3, 0.4) is 0 Å². The number of hydrogen-bond donors (Lipinski definition) is 1. The first-order chi connectivity index (χ1) is 3.31. The Kier molecular flexibility index (Phi) is 4.44. The molecule has 0 aromatic carbocycles. The monoisotopic (exact) mass is 126 g/mol. The van der Waals surface area contributed by atoms with E-state index in [2.05, 4.69) is 9.62 Å². The summed E-state index contributed by atoms with van der Waals surface area (Å²) in [6, 6.07) is 0. The molecule has 3 nitrogen and oxygen atoms in total. The molecule has 1 atom stereocenters. The van der Waals surface area contributed by atoms with Crippen LogP contribution >= 0.6 is 11.6 Å². The van der Waals surface area contributed by atoms with Gasteiger partial charge in [-0.3, -0.25) is 5.26 Å². The summed E-state index contributed by atoms with van der Waals surface area (Å²) < 4.78 is 4.48. The van der Waals surface area contributed by atoms with Gasteiger partial charge in [0.2, 0.25) is 0 Å². The Balaban J connectivity index is 2.83. The molecule has 0 saturated carbocycles. The molecule has 0 radical (unpaired) electrons. The number of ether oxygens (including phenoxy) is 1. The second-order valence-corrected chi connectivity index (χ2v) is 1.46. The largest absolute Gasteiger partial charge is 0.381 e. The summed E-state index contributed by atoms with van der Waals surface area (Å²) in [4.78, 5) is 3.63. The molecule has 0 saturated heterocycles. The molecule has 0 aromatic rings. The Bertz CT molecular complexity index is 41.2. The van der Waals surface area contributed by atoms with Crippen LogP contribution in [0.1, 0.15) is 0 Å². The minimum atomic E-state index is -0.745. The molecule has 0 fully saturated rings. The summed E-state index contributed by atoms with van der Waals surface area (Å²) in [7, 11) is 1.47. The van der Waals surface area contributed by atoms with E-state index in [0.29, 0.717) is 0 Å². The molecule has 4 heteroatoms. The molecule has 1 N–H and O–H groups in total. The molecule has 0 aliphatic heterocycles. The van der Waals surface area contributed by atoms with Gasteiger partial charge in [0.1, 0.15) is 0 Å². The van der Waals surface area contributed by atoms with E-state index < -0.39 is 5.56 Å². The van der Waals surface area contributed by atoms with E-state index in [0.717, 1.165) is 0 Å². The van der Waals surface area contributed by atoms with E-state index in [9.17, 15) is 0 Å². The van der Waals surface area contributed by atoms with Gasteiger partial charge >= 0.3 is 0 Å². The summed E-state index contributed by atoms with van der Waals surface area (Å²) >= 11 is 5.17. The van der Waals surface area contributed by atoms with E-state index >= 15 is 0 Å². The summed E-state index contributed by atoms with van der Waals surface area (Å²) in [5.74, 6) is 0. The van der Waals surface area contributed by atoms with Crippen LogP contribution < -0.4 is 0 Å². The predicted octanol–water partition coefficient (Wildman–Crippen LogP) is 0.687. The lowest BCUT2D eigenvalue weighted by Gasteiger charge is -2.00. The third-order valence-electron chi connectivity index (χ3n) is 0.412. The highest BCUT2D eigenvalue weighted by Gasteiger charge is 1.99. The summed E-state index contributed by atoms with van der Waals surface area (Å²) in [6.07, 6.45) is 0. The first-order valence-electron chi connectivity index (χ1n) is 1.74. The maximum absolute atomic E-state index is 7.75. The van der Waals surface area contributed by atoms with Gasteiger partial charge in [0.15, 0.2) is 5.56 Å². The Hall–Kier alpha value is 0.170. The molecule has 0 rings (SSSR count). The standard InChI is InChI=1S/C3H7ClO3/c1-6-2-3(4)7-5/h3,5H,2H2,1H3. The lowest BCUT2D eigenvalue weighted by atomic mass is 10.8. The van der Waals surface area contributed by atoms with Crippen molar-refractivity contribution in [3.8, 4) is 0 Å². The molecule has 44 valence electrons. The average Bonchev–Trinajstić information content (AvgIpc) is 1.68. The lowest BCUT2D eigenvalue weighted by Crippen LogP contribution is -2.08. The van der Waals surface area contributed by atoms with Gasteiger partial charge in [-0.2, -0.15) is 0 Å². The van der Waals surface area contributed by atoms with Crippen LogP contribution in [-0.2, 0) is 9.62 Å². The van der Waals surface area contributed by atoms with Crippen molar-refractivity contribution in [3.63, 3.8) is 0 Å². The quantitative estimate of drug-likeness (QED) is 0.344. The molecular formula is C3H7ClO3. The van der Waals surface area contributed by atoms with E-state index in [1.165, 1.54) is 7.11 Å². The van der Waals surface area contributed by atoms with E-state index in [1.807, 2.05) is 0 Å². The Morgan fingerprint density at radius 2 is 2.43 bits per heavy atom. The van der Waals surface area contributed by atoms with Gasteiger partial charge in [-0.15, -0.1) is 0 Å². The van der Waals surface area contributed by atoms with Gasteiger partial charge < -0.3 is 4.74 Å². The Morgan fingerprint density at radius 3 is 2.57 bits per heavy atom. The number of methoxy groups -OCH3 is 1. The maximum Gasteiger partial charge on any atom is 0.189 e. The fourth-order valence-corrected chi connectivity index (χ4v) is 0.287. The van der Waals surface area contributed by atoms with E-state index in [-0.39, 0.29) is 6.61 Å². The highest BCUT2D eigenvalue weighted by Crippen LogP contribution is 1.93. The molecule has 0 bridgehead atoms. The normalized spacial score (nSPS) is 14.1. The molecule has 0 aromatic heterocycles. The first-order valence-corrected chi connectivity index (χ1v) is 2.18. The molecule has 0 heterocycles. The van der Waals surface area contributed by atoms with Crippen LogP contribution in [-0.4, -0.2) is 24.5 Å². The molecule has 0 aliphatic rings. The van der Waals surface area contributed by atoms with Crippen molar-refractivity contribution in [3.05, 3.63) is 0 Å². The van der Waals surface area contributed by atoms with Crippen LogP contribution in [0.5, 0.6) is 0 Å². The Labute approximate surface area is 46.7 Å². The highest BCUT2D eigenvalue weighted by molar-refractivity contribution is 6.19. The van der Waals surface area contributed by atoms with Crippen molar-refractivity contribution < 1.29 is 14.9 Å². The van der Waals surface area contributed by atoms with Gasteiger partial charge in [-0.25, -0.2) is 4.89 Å². The molecule has 7 heavy (non-hydrogen) atoms. The van der Waals surface area contributed by atoms with E-state index in [1.54, 1.807) is 0 Å². The zero-order chi connectivity index (χ0) is 5.70. The molecule has 0 amide bonds. The predicted molar refractivity (Wildman–Crippen MR) is 25.2 cm³/mol. The molecule has 1 unspecified atom stereocenters. The SMILES string of the molecule is COCC(Cl)OO. The highest BCUT2D eigenvalue weighted by atomic mass is 35.5. The number of hydrogen-bond acceptors (Lipinski definition) is 3. The molecule has 0 spiro atoms. The van der Waals surface area contributed by atoms with Crippen molar-refractivity contribution in [2.24, 2.45) is 0 Å². The number of alkyl halides is 1. The van der Waals surface area contributed by atoms with Gasteiger partial charge in [-0.1, -0.05) is 11.6 Å². The second kappa shape index (κ2) is 4.33. The third-order valence-corrected chi connectivity index (χ3v) is 0.618. The van der Waals surface area contributed by atoms with Crippen LogP contribution in [0.4, 0.5) is 0 Å². The zero-order valence-corrected chi connectivity index (χ0v) is 4.68. The fraction of sp³-hybridized carbons (Fsp3) is 1.00. The van der Waals surface area contributed by atoms with Crippen molar-refractivity contribution in [1.29, 1.82) is 0 Å². The lowest BCUT2D eigenvalue weighted by molar-refractivity contribution is -0.262. The zero-order valence-electron chi connectivity index (χ0n) is 3.93. The van der Waals surface area contributed by atoms with Crippen LogP contribution in [0.15, 0.2) is 0 Å². The average molecular weight is 127 g/mol. The van der Waals surface area contributed by atoms with Gasteiger partial charge in [0.25, 0.3) is 0 Å². The molecular weight excluding hydrogens is 119 g/mol. The minimum absolute atomic E-state index is 0.193. The van der Waals surface area contributed by atoms with Gasteiger partial charge in [0, 0.05) is 7.11 Å². The van der Waals surface area contributed by atoms with Gasteiger partial charge in [0.05, 0.1) is 6.61 Å². The van der Waals surface area contributed by atoms with Crippen molar-refractivity contribution >= 4 is 11.6 Å². The van der Waals surface area contributed by atoms with Crippen molar-refractivity contribution in [1.82, 2.24) is 0 Å². The fourth-order valence-electron chi connectivity index (χ4n) is 0.161. The first kappa shape index (κ1) is 7.17. The minimum Gasteiger partial charge on any atom is -0.381 e. The van der Waals surface area contributed by atoms with E-state index in [4.69, 9.17) is 16.9 Å². The van der Waals surface area contributed by atoms with Crippen LogP contribution in [0, 0.1) is 0 Å². The van der Waals surface area contributed by atoms with Crippen LogP contribution in [0.25, 0.3) is 0 Å². The van der Waals surface area contributed by atoms with Crippen molar-refractivity contribution in [2.75, 3.05) is 13.7 Å². The third kappa shape index (κ3) is 4.01. The smallest absolute Gasteiger partial charge is 0.189 e. The second-order valence-electron chi connectivity index (χ2n) is 0.971. The molecule has 0 aliphatic carbocycles. The number of halogens is 1.